The molecule has 0 aliphatic heterocycles. The van der Waals surface area contributed by atoms with Crippen LogP contribution in [0.1, 0.15) is 22.0 Å². The van der Waals surface area contributed by atoms with Gasteiger partial charge < -0.3 is 15.2 Å². The van der Waals surface area contributed by atoms with E-state index in [1.807, 2.05) is 0 Å². The molecule has 8 heteroatoms. The summed E-state index contributed by atoms with van der Waals surface area (Å²) in [4.78, 5) is 22.1. The first-order valence-electron chi connectivity index (χ1n) is 6.97. The van der Waals surface area contributed by atoms with Crippen molar-refractivity contribution in [1.82, 2.24) is 5.32 Å². The largest absolute Gasteiger partial charge is 0.502 e. The fourth-order valence-electron chi connectivity index (χ4n) is 2.16. The molecule has 0 fully saturated rings. The van der Waals surface area contributed by atoms with Gasteiger partial charge in [-0.15, -0.1) is 0 Å². The smallest absolute Gasteiger partial charge is 0.311 e. The molecule has 0 spiro atoms. The van der Waals surface area contributed by atoms with Gasteiger partial charge in [0.05, 0.1) is 16.6 Å². The number of aromatic hydroxyl groups is 1. The molecule has 2 aromatic rings. The van der Waals surface area contributed by atoms with Crippen LogP contribution in [-0.4, -0.2) is 29.6 Å². The Bertz CT molecular complexity index is 749. The molecule has 0 bridgehead atoms. The molecular formula is C16H15FN2O5. The Kier molecular flexibility index (Phi) is 5.43. The summed E-state index contributed by atoms with van der Waals surface area (Å²) in [5.74, 6) is -1.77. The summed E-state index contributed by atoms with van der Waals surface area (Å²) in [5, 5.41) is 23.1. The second kappa shape index (κ2) is 7.51. The zero-order valence-corrected chi connectivity index (χ0v) is 12.7. The van der Waals surface area contributed by atoms with Gasteiger partial charge in [-0.05, 0) is 23.8 Å². The summed E-state index contributed by atoms with van der Waals surface area (Å²) < 4.78 is 18.2. The number of phenols is 1. The van der Waals surface area contributed by atoms with E-state index in [-0.39, 0.29) is 17.9 Å². The lowest BCUT2D eigenvalue weighted by Crippen LogP contribution is -2.29. The van der Waals surface area contributed by atoms with Crippen LogP contribution in [0.4, 0.5) is 10.1 Å². The summed E-state index contributed by atoms with van der Waals surface area (Å²) >= 11 is 0. The van der Waals surface area contributed by atoms with Crippen molar-refractivity contribution in [2.24, 2.45) is 0 Å². The van der Waals surface area contributed by atoms with Gasteiger partial charge in [-0.1, -0.05) is 18.2 Å². The number of nitro benzene ring substituents is 1. The molecule has 2 N–H and O–H groups in total. The molecule has 7 nitrogen and oxygen atoms in total. The van der Waals surface area contributed by atoms with Gasteiger partial charge in [-0.3, -0.25) is 14.9 Å². The predicted molar refractivity (Wildman–Crippen MR) is 83.2 cm³/mol. The Morgan fingerprint density at radius 1 is 1.33 bits per heavy atom. The molecule has 0 unspecified atom stereocenters. The highest BCUT2D eigenvalue weighted by Gasteiger charge is 2.21. The minimum absolute atomic E-state index is 0.0447. The Morgan fingerprint density at radius 2 is 2.00 bits per heavy atom. The maximum Gasteiger partial charge on any atom is 0.311 e. The number of phenolic OH excluding ortho intramolecular Hbond substituents is 1. The molecule has 2 aromatic carbocycles. The molecule has 0 aromatic heterocycles. The number of amides is 1. The summed E-state index contributed by atoms with van der Waals surface area (Å²) in [6, 6.07) is 9.28. The van der Waals surface area contributed by atoms with E-state index in [4.69, 9.17) is 4.74 Å². The number of methoxy groups -OCH3 is 1. The lowest BCUT2D eigenvalue weighted by molar-refractivity contribution is -0.385. The highest BCUT2D eigenvalue weighted by atomic mass is 19.1. The standard InChI is InChI=1S/C16H15FN2O5/c1-24-14(10-5-7-11(17)8-6-10)9-18-16(21)12-3-2-4-13(15(12)20)19(22)23/h2-8,14,20H,9H2,1H3,(H,18,21)/t14-/m0/s1. The van der Waals surface area contributed by atoms with Gasteiger partial charge in [0, 0.05) is 19.7 Å². The van der Waals surface area contributed by atoms with Crippen LogP contribution in [0.15, 0.2) is 42.5 Å². The number of rotatable bonds is 6. The molecule has 1 amide bonds. The van der Waals surface area contributed by atoms with Crippen LogP contribution in [0, 0.1) is 15.9 Å². The topological polar surface area (TPSA) is 102 Å². The number of hydrogen-bond acceptors (Lipinski definition) is 5. The normalized spacial score (nSPS) is 11.8. The van der Waals surface area contributed by atoms with Crippen molar-refractivity contribution in [1.29, 1.82) is 0 Å². The molecular weight excluding hydrogens is 319 g/mol. The lowest BCUT2D eigenvalue weighted by Gasteiger charge is -2.16. The average Bonchev–Trinajstić information content (AvgIpc) is 2.56. The molecule has 0 aliphatic rings. The van der Waals surface area contributed by atoms with Crippen LogP contribution in [0.25, 0.3) is 0 Å². The number of benzene rings is 2. The van der Waals surface area contributed by atoms with Crippen LogP contribution in [0.5, 0.6) is 5.75 Å². The highest BCUT2D eigenvalue weighted by Crippen LogP contribution is 2.29. The summed E-state index contributed by atoms with van der Waals surface area (Å²) in [5.41, 5.74) is -0.106. The van der Waals surface area contributed by atoms with Gasteiger partial charge >= 0.3 is 5.69 Å². The number of hydrogen-bond donors (Lipinski definition) is 2. The first-order valence-corrected chi connectivity index (χ1v) is 6.97. The van der Waals surface area contributed by atoms with E-state index < -0.39 is 28.4 Å². The van der Waals surface area contributed by atoms with Gasteiger partial charge in [0.2, 0.25) is 5.75 Å². The van der Waals surface area contributed by atoms with E-state index in [2.05, 4.69) is 5.32 Å². The van der Waals surface area contributed by atoms with E-state index in [9.17, 15) is 24.4 Å². The molecule has 0 saturated carbocycles. The molecule has 126 valence electrons. The summed E-state index contributed by atoms with van der Waals surface area (Å²) in [6.07, 6.45) is -0.532. The van der Waals surface area contributed by atoms with Gasteiger partial charge in [-0.25, -0.2) is 4.39 Å². The summed E-state index contributed by atoms with van der Waals surface area (Å²) in [6.45, 7) is 0.0447. The van der Waals surface area contributed by atoms with Crippen molar-refractivity contribution in [3.8, 4) is 5.75 Å². The number of nitro groups is 1. The molecule has 2 rings (SSSR count). The highest BCUT2D eigenvalue weighted by molar-refractivity contribution is 5.98. The number of carbonyl (C=O) groups excluding carboxylic acids is 1. The number of nitrogens with zero attached hydrogens (tertiary/aromatic N) is 1. The van der Waals surface area contributed by atoms with Gasteiger partial charge in [-0.2, -0.15) is 0 Å². The zero-order valence-electron chi connectivity index (χ0n) is 12.7. The third kappa shape index (κ3) is 3.85. The number of nitrogens with one attached hydrogen (secondary N) is 1. The van der Waals surface area contributed by atoms with Crippen molar-refractivity contribution in [3.05, 3.63) is 69.5 Å². The zero-order chi connectivity index (χ0) is 17.7. The first kappa shape index (κ1) is 17.4. The van der Waals surface area contributed by atoms with Crippen molar-refractivity contribution >= 4 is 11.6 Å². The number of carbonyl (C=O) groups is 1. The van der Waals surface area contributed by atoms with Crippen LogP contribution in [0.2, 0.25) is 0 Å². The molecule has 24 heavy (non-hydrogen) atoms. The maximum absolute atomic E-state index is 12.9. The third-order valence-electron chi connectivity index (χ3n) is 3.43. The Labute approximate surface area is 136 Å². The SMILES string of the molecule is CO[C@@H](CNC(=O)c1cccc([N+](=O)[O-])c1O)c1ccc(F)cc1. The van der Waals surface area contributed by atoms with Gasteiger partial charge in [0.25, 0.3) is 5.91 Å². The van der Waals surface area contributed by atoms with E-state index >= 15 is 0 Å². The second-order valence-electron chi connectivity index (χ2n) is 4.92. The predicted octanol–water partition coefficient (Wildman–Crippen LogP) is 2.56. The van der Waals surface area contributed by atoms with E-state index in [1.165, 1.54) is 43.5 Å². The van der Waals surface area contributed by atoms with Crippen LogP contribution >= 0.6 is 0 Å². The fourth-order valence-corrected chi connectivity index (χ4v) is 2.16. The number of para-hydroxylation sites is 1. The van der Waals surface area contributed by atoms with Crippen LogP contribution < -0.4 is 5.32 Å². The molecule has 0 heterocycles. The summed E-state index contributed by atoms with van der Waals surface area (Å²) in [7, 11) is 1.44. The fraction of sp³-hybridized carbons (Fsp3) is 0.188. The number of ether oxygens (including phenoxy) is 1. The minimum Gasteiger partial charge on any atom is -0.502 e. The van der Waals surface area contributed by atoms with Gasteiger partial charge in [0.1, 0.15) is 5.82 Å². The van der Waals surface area contributed by atoms with Crippen LogP contribution in [-0.2, 0) is 4.74 Å². The Balaban J connectivity index is 2.11. The quantitative estimate of drug-likeness (QED) is 0.624. The molecule has 0 aliphatic carbocycles. The van der Waals surface area contributed by atoms with Crippen molar-refractivity contribution in [3.63, 3.8) is 0 Å². The molecule has 0 radical (unpaired) electrons. The first-order chi connectivity index (χ1) is 11.4. The Morgan fingerprint density at radius 3 is 2.58 bits per heavy atom. The van der Waals surface area contributed by atoms with E-state index in [0.717, 1.165) is 6.07 Å². The monoisotopic (exact) mass is 334 g/mol. The molecule has 0 saturated heterocycles. The second-order valence-corrected chi connectivity index (χ2v) is 4.92. The van der Waals surface area contributed by atoms with Crippen molar-refractivity contribution in [2.75, 3.05) is 13.7 Å². The van der Waals surface area contributed by atoms with Gasteiger partial charge in [0.15, 0.2) is 0 Å². The van der Waals surface area contributed by atoms with E-state index in [0.29, 0.717) is 5.56 Å². The van der Waals surface area contributed by atoms with Crippen molar-refractivity contribution in [2.45, 2.75) is 6.10 Å². The van der Waals surface area contributed by atoms with Crippen molar-refractivity contribution < 1.29 is 24.0 Å². The van der Waals surface area contributed by atoms with E-state index in [1.54, 1.807) is 0 Å². The number of halogens is 1. The van der Waals surface area contributed by atoms with Crippen LogP contribution in [0.3, 0.4) is 0 Å². The maximum atomic E-state index is 12.9. The Hall–Kier alpha value is -3.00. The average molecular weight is 334 g/mol. The lowest BCUT2D eigenvalue weighted by atomic mass is 10.1. The molecule has 1 atom stereocenters. The minimum atomic E-state index is -0.775. The third-order valence-corrected chi connectivity index (χ3v) is 3.43.